The molecule has 94 valence electrons. The van der Waals surface area contributed by atoms with E-state index in [1.807, 2.05) is 25.1 Å². The summed E-state index contributed by atoms with van der Waals surface area (Å²) < 4.78 is 12.9. The molecule has 1 aliphatic rings. The molecule has 0 atom stereocenters. The molecule has 3 rings (SSSR count). The molecule has 0 radical (unpaired) electrons. The number of carbonyl (C=O) groups excluding carboxylic acids is 1. The molecule has 0 saturated heterocycles. The molecule has 0 unspecified atom stereocenters. The van der Waals surface area contributed by atoms with E-state index < -0.39 is 0 Å². The Kier molecular flexibility index (Phi) is 2.67. The Bertz CT molecular complexity index is 686. The first-order valence-corrected chi connectivity index (χ1v) is 6.03. The number of rotatable bonds is 1. The van der Waals surface area contributed by atoms with Crippen molar-refractivity contribution in [1.82, 2.24) is 0 Å². The second-order valence-electron chi connectivity index (χ2n) is 4.61. The van der Waals surface area contributed by atoms with Crippen LogP contribution in [0.15, 0.2) is 42.5 Å². The van der Waals surface area contributed by atoms with Crippen LogP contribution < -0.4 is 5.32 Å². The minimum Gasteiger partial charge on any atom is -0.321 e. The number of halogens is 1. The second-order valence-corrected chi connectivity index (χ2v) is 4.61. The first kappa shape index (κ1) is 11.7. The minimum absolute atomic E-state index is 0.120. The van der Waals surface area contributed by atoms with Crippen molar-refractivity contribution in [2.24, 2.45) is 0 Å². The third kappa shape index (κ3) is 2.15. The molecule has 1 N–H and O–H groups in total. The number of aryl methyl sites for hydroxylation is 1. The number of nitrogens with one attached hydrogen (secondary N) is 1. The Morgan fingerprint density at radius 2 is 1.84 bits per heavy atom. The average Bonchev–Trinajstić information content (AvgIpc) is 2.69. The van der Waals surface area contributed by atoms with Gasteiger partial charge in [0.2, 0.25) is 0 Å². The Hall–Kier alpha value is -2.42. The highest BCUT2D eigenvalue weighted by atomic mass is 19.1. The molecular formula is C16H12FNO. The monoisotopic (exact) mass is 253 g/mol. The molecular weight excluding hydrogens is 241 g/mol. The highest BCUT2D eigenvalue weighted by Gasteiger charge is 2.23. The maximum absolute atomic E-state index is 12.9. The van der Waals surface area contributed by atoms with E-state index in [1.165, 1.54) is 12.1 Å². The molecule has 0 bridgehead atoms. The normalized spacial score (nSPS) is 15.5. The van der Waals surface area contributed by atoms with E-state index in [1.54, 1.807) is 18.2 Å². The largest absolute Gasteiger partial charge is 0.321 e. The molecule has 2 nitrogen and oxygen atoms in total. The first-order valence-electron chi connectivity index (χ1n) is 6.03. The van der Waals surface area contributed by atoms with Crippen molar-refractivity contribution in [3.8, 4) is 0 Å². The Balaban J connectivity index is 2.08. The fraction of sp³-hybridized carbons (Fsp3) is 0.0625. The van der Waals surface area contributed by atoms with Crippen LogP contribution in [0.25, 0.3) is 11.6 Å². The summed E-state index contributed by atoms with van der Waals surface area (Å²) in [5.74, 6) is -0.404. The fourth-order valence-corrected chi connectivity index (χ4v) is 2.17. The maximum atomic E-state index is 12.9. The molecule has 19 heavy (non-hydrogen) atoms. The van der Waals surface area contributed by atoms with Crippen LogP contribution in [0.2, 0.25) is 0 Å². The van der Waals surface area contributed by atoms with Gasteiger partial charge in [-0.1, -0.05) is 23.8 Å². The van der Waals surface area contributed by atoms with E-state index >= 15 is 0 Å². The van der Waals surface area contributed by atoms with Gasteiger partial charge in [-0.25, -0.2) is 4.39 Å². The standard InChI is InChI=1S/C16H12FNO/c1-10-2-7-15-13(8-10)14(16(19)18-15)9-11-3-5-12(17)6-4-11/h2-9H,1H3,(H,18,19). The van der Waals surface area contributed by atoms with Crippen molar-refractivity contribution in [3.63, 3.8) is 0 Å². The van der Waals surface area contributed by atoms with Crippen molar-refractivity contribution in [1.29, 1.82) is 0 Å². The van der Waals surface area contributed by atoms with Crippen LogP contribution >= 0.6 is 0 Å². The van der Waals surface area contributed by atoms with Crippen LogP contribution in [0.5, 0.6) is 0 Å². The van der Waals surface area contributed by atoms with Gasteiger partial charge in [-0.15, -0.1) is 0 Å². The zero-order valence-electron chi connectivity index (χ0n) is 10.4. The molecule has 1 aliphatic heterocycles. The van der Waals surface area contributed by atoms with E-state index in [0.717, 1.165) is 22.4 Å². The van der Waals surface area contributed by atoms with E-state index in [-0.39, 0.29) is 11.7 Å². The molecule has 0 aliphatic carbocycles. The quantitative estimate of drug-likeness (QED) is 0.772. The fourth-order valence-electron chi connectivity index (χ4n) is 2.17. The molecule has 0 aromatic heterocycles. The lowest BCUT2D eigenvalue weighted by Crippen LogP contribution is -2.03. The zero-order chi connectivity index (χ0) is 13.4. The summed E-state index contributed by atoms with van der Waals surface area (Å²) in [5.41, 5.74) is 4.24. The van der Waals surface area contributed by atoms with E-state index in [9.17, 15) is 9.18 Å². The minimum atomic E-state index is -0.283. The Labute approximate surface area is 110 Å². The van der Waals surface area contributed by atoms with Crippen molar-refractivity contribution >= 4 is 23.2 Å². The molecule has 0 spiro atoms. The van der Waals surface area contributed by atoms with E-state index in [2.05, 4.69) is 5.32 Å². The van der Waals surface area contributed by atoms with Crippen LogP contribution in [0.3, 0.4) is 0 Å². The predicted molar refractivity (Wildman–Crippen MR) is 74.1 cm³/mol. The molecule has 1 heterocycles. The third-order valence-corrected chi connectivity index (χ3v) is 3.14. The van der Waals surface area contributed by atoms with Crippen molar-refractivity contribution in [2.45, 2.75) is 6.92 Å². The molecule has 1 amide bonds. The molecule has 0 fully saturated rings. The van der Waals surface area contributed by atoms with Gasteiger partial charge in [-0.3, -0.25) is 4.79 Å². The van der Waals surface area contributed by atoms with E-state index in [0.29, 0.717) is 5.57 Å². The van der Waals surface area contributed by atoms with Gasteiger partial charge in [0.05, 0.1) is 0 Å². The SMILES string of the molecule is Cc1ccc2c(c1)C(=Cc1ccc(F)cc1)C(=O)N2. The Morgan fingerprint density at radius 1 is 1.11 bits per heavy atom. The smallest absolute Gasteiger partial charge is 0.256 e. The summed E-state index contributed by atoms with van der Waals surface area (Å²) >= 11 is 0. The molecule has 2 aromatic rings. The number of anilines is 1. The lowest BCUT2D eigenvalue weighted by Gasteiger charge is -2.00. The first-order chi connectivity index (χ1) is 9.13. The topological polar surface area (TPSA) is 29.1 Å². The highest BCUT2D eigenvalue weighted by Crippen LogP contribution is 2.33. The van der Waals surface area contributed by atoms with Crippen LogP contribution in [-0.2, 0) is 4.79 Å². The molecule has 0 saturated carbocycles. The van der Waals surface area contributed by atoms with Crippen molar-refractivity contribution < 1.29 is 9.18 Å². The van der Waals surface area contributed by atoms with Gasteiger partial charge in [0.15, 0.2) is 0 Å². The summed E-state index contributed by atoms with van der Waals surface area (Å²) in [6.07, 6.45) is 1.78. The predicted octanol–water partition coefficient (Wildman–Crippen LogP) is 3.63. The van der Waals surface area contributed by atoms with Crippen molar-refractivity contribution in [3.05, 3.63) is 65.0 Å². The van der Waals surface area contributed by atoms with Crippen LogP contribution in [0.4, 0.5) is 10.1 Å². The van der Waals surface area contributed by atoms with Crippen LogP contribution in [-0.4, -0.2) is 5.91 Å². The summed E-state index contributed by atoms with van der Waals surface area (Å²) in [6, 6.07) is 11.9. The zero-order valence-corrected chi connectivity index (χ0v) is 10.4. The van der Waals surface area contributed by atoms with Gasteiger partial charge >= 0.3 is 0 Å². The number of hydrogen-bond donors (Lipinski definition) is 1. The number of benzene rings is 2. The van der Waals surface area contributed by atoms with Crippen LogP contribution in [0, 0.1) is 12.7 Å². The lowest BCUT2D eigenvalue weighted by molar-refractivity contribution is -0.110. The maximum Gasteiger partial charge on any atom is 0.256 e. The average molecular weight is 253 g/mol. The number of amides is 1. The molecule has 2 aromatic carbocycles. The number of fused-ring (bicyclic) bond motifs is 1. The lowest BCUT2D eigenvalue weighted by atomic mass is 10.0. The molecule has 3 heteroatoms. The van der Waals surface area contributed by atoms with E-state index in [4.69, 9.17) is 0 Å². The van der Waals surface area contributed by atoms with Gasteiger partial charge in [-0.05, 0) is 42.8 Å². The van der Waals surface area contributed by atoms with Gasteiger partial charge in [0.1, 0.15) is 5.82 Å². The third-order valence-electron chi connectivity index (χ3n) is 3.14. The van der Waals surface area contributed by atoms with Crippen LogP contribution in [0.1, 0.15) is 16.7 Å². The summed E-state index contributed by atoms with van der Waals surface area (Å²) in [5, 5.41) is 2.83. The summed E-state index contributed by atoms with van der Waals surface area (Å²) in [7, 11) is 0. The van der Waals surface area contributed by atoms with Gasteiger partial charge in [0.25, 0.3) is 5.91 Å². The number of hydrogen-bond acceptors (Lipinski definition) is 1. The van der Waals surface area contributed by atoms with Crippen molar-refractivity contribution in [2.75, 3.05) is 5.32 Å². The highest BCUT2D eigenvalue weighted by molar-refractivity contribution is 6.34. The van der Waals surface area contributed by atoms with Gasteiger partial charge in [0, 0.05) is 16.8 Å². The van der Waals surface area contributed by atoms with Gasteiger partial charge in [-0.2, -0.15) is 0 Å². The Morgan fingerprint density at radius 3 is 2.58 bits per heavy atom. The van der Waals surface area contributed by atoms with Gasteiger partial charge < -0.3 is 5.32 Å². The summed E-state index contributed by atoms with van der Waals surface area (Å²) in [6.45, 7) is 1.98. The number of carbonyl (C=O) groups is 1. The second kappa shape index (κ2) is 4.35. The summed E-state index contributed by atoms with van der Waals surface area (Å²) in [4.78, 5) is 12.0.